The number of hydrogen-bond acceptors (Lipinski definition) is 2. The van der Waals surface area contributed by atoms with Crippen molar-refractivity contribution in [2.24, 2.45) is 64.9 Å². The first kappa shape index (κ1) is 43.0. The topological polar surface area (TPSA) is 38.0 Å². The van der Waals surface area contributed by atoms with Crippen LogP contribution in [0.2, 0.25) is 0 Å². The Morgan fingerprint density at radius 3 is 2.33 bits per heavy atom. The van der Waals surface area contributed by atoms with E-state index in [0.29, 0.717) is 48.0 Å². The molecule has 2 nitrogen and oxygen atoms in total. The highest BCUT2D eigenvalue weighted by atomic mass is 14.9. The fourth-order valence-electron chi connectivity index (χ4n) is 11.0. The Hall–Kier alpha value is -3.10. The van der Waals surface area contributed by atoms with Crippen molar-refractivity contribution in [3.8, 4) is 0 Å². The molecule has 0 saturated heterocycles. The summed E-state index contributed by atoms with van der Waals surface area (Å²) in [5.74, 6) is 6.58. The second kappa shape index (κ2) is 22.6. The monoisotopic (exact) mass is 743 g/mol. The van der Waals surface area contributed by atoms with Crippen LogP contribution in [-0.4, -0.2) is 13.1 Å². The molecule has 55 heavy (non-hydrogen) atoms. The molecule has 2 heteroatoms. The summed E-state index contributed by atoms with van der Waals surface area (Å²) in [6.07, 6.45) is 57.0. The second-order valence-electron chi connectivity index (χ2n) is 17.6. The lowest BCUT2D eigenvalue weighted by Gasteiger charge is -2.47. The van der Waals surface area contributed by atoms with Crippen LogP contribution in [-0.2, 0) is 0 Å². The van der Waals surface area contributed by atoms with Gasteiger partial charge in [0.1, 0.15) is 0 Å². The molecule has 0 aromatic heterocycles. The molecule has 1 fully saturated rings. The van der Waals surface area contributed by atoms with E-state index in [1.165, 1.54) is 87.5 Å². The van der Waals surface area contributed by atoms with Gasteiger partial charge in [0.05, 0.1) is 0 Å². The number of nitrogens with one attached hydrogen (secondary N) is 1. The summed E-state index contributed by atoms with van der Waals surface area (Å²) < 4.78 is 0. The Balaban J connectivity index is 1.34. The average molecular weight is 743 g/mol. The smallest absolute Gasteiger partial charge is 0.0293 e. The molecule has 0 aromatic rings. The van der Waals surface area contributed by atoms with E-state index >= 15 is 0 Å². The summed E-state index contributed by atoms with van der Waals surface area (Å²) in [6, 6.07) is 0. The zero-order valence-corrected chi connectivity index (χ0v) is 35.8. The highest BCUT2D eigenvalue weighted by molar-refractivity contribution is 5.31. The van der Waals surface area contributed by atoms with E-state index < -0.39 is 0 Å². The van der Waals surface area contributed by atoms with E-state index in [2.05, 4.69) is 150 Å². The SMILES string of the molecule is C/C=C(\C=C/CC)NCC(CCC(C)C1CCC(C(C/C=C(C)/C(=C/CC)CN)CCC)C2C=CC=CC21)C1=CC(C2C=CC=C2)CC(C2=CC=CCC2)C1. The fraction of sp³-hybridized carbons (Fsp3) is 0.585. The predicted molar refractivity (Wildman–Crippen MR) is 241 cm³/mol. The molecule has 0 amide bonds. The molecule has 1 saturated carbocycles. The molecule has 300 valence electrons. The van der Waals surface area contributed by atoms with Crippen molar-refractivity contribution >= 4 is 0 Å². The molecule has 0 bridgehead atoms. The van der Waals surface area contributed by atoms with E-state index in [1.807, 2.05) is 0 Å². The van der Waals surface area contributed by atoms with Gasteiger partial charge in [-0.2, -0.15) is 0 Å². The van der Waals surface area contributed by atoms with Gasteiger partial charge in [-0.3, -0.25) is 0 Å². The van der Waals surface area contributed by atoms with Crippen molar-refractivity contribution in [2.75, 3.05) is 13.1 Å². The molecule has 5 rings (SSSR count). The maximum atomic E-state index is 6.16. The molecule has 5 aliphatic rings. The summed E-state index contributed by atoms with van der Waals surface area (Å²) in [5.41, 5.74) is 13.6. The lowest BCUT2D eigenvalue weighted by molar-refractivity contribution is 0.0715. The van der Waals surface area contributed by atoms with Crippen molar-refractivity contribution in [2.45, 2.75) is 125 Å². The van der Waals surface area contributed by atoms with Crippen molar-refractivity contribution in [3.63, 3.8) is 0 Å². The zero-order valence-electron chi connectivity index (χ0n) is 35.8. The van der Waals surface area contributed by atoms with Crippen LogP contribution < -0.4 is 11.1 Å². The molecule has 3 N–H and O–H groups in total. The number of allylic oxidation sites excluding steroid dienone is 18. The summed E-state index contributed by atoms with van der Waals surface area (Å²) in [4.78, 5) is 0. The summed E-state index contributed by atoms with van der Waals surface area (Å²) >= 11 is 0. The molecule has 0 aromatic carbocycles. The van der Waals surface area contributed by atoms with Gasteiger partial charge in [-0.05, 0) is 149 Å². The van der Waals surface area contributed by atoms with E-state index in [-0.39, 0.29) is 0 Å². The van der Waals surface area contributed by atoms with E-state index in [1.54, 1.807) is 11.1 Å². The van der Waals surface area contributed by atoms with Gasteiger partial charge in [-0.1, -0.05) is 154 Å². The highest BCUT2D eigenvalue weighted by Crippen LogP contribution is 2.50. The summed E-state index contributed by atoms with van der Waals surface area (Å²) in [7, 11) is 0. The first-order valence-electron chi connectivity index (χ1n) is 22.8. The fourth-order valence-corrected chi connectivity index (χ4v) is 11.0. The lowest BCUT2D eigenvalue weighted by atomic mass is 9.58. The van der Waals surface area contributed by atoms with Crippen LogP contribution in [0.4, 0.5) is 0 Å². The third-order valence-electron chi connectivity index (χ3n) is 14.1. The molecule has 0 heterocycles. The van der Waals surface area contributed by atoms with Crippen LogP contribution in [0.25, 0.3) is 0 Å². The average Bonchev–Trinajstić information content (AvgIpc) is 3.78. The number of fused-ring (bicyclic) bond motifs is 1. The van der Waals surface area contributed by atoms with Gasteiger partial charge in [0.25, 0.3) is 0 Å². The molecular formula is C53H78N2. The Bertz CT molecular complexity index is 1540. The Morgan fingerprint density at radius 2 is 1.65 bits per heavy atom. The Labute approximate surface area is 338 Å². The van der Waals surface area contributed by atoms with E-state index in [0.717, 1.165) is 37.1 Å². The standard InChI is InChI=1S/C53H78N2/c1-7-11-25-49(10-4)55-38-45(48-35-46(41-21-13-12-14-22-41)34-47(36-48)42-23-15-16-24-42)31-29-40(6)50-32-33-51(53-27-18-17-26-52(50)53)43(19-8-2)30-28-39(5)44(37-54)20-9-3/h10-13,15-18,20-21,23-28,36,40,42-43,45-47,50-53,55H,7-9,14,19,22,29-35,37-38,54H2,1-6H3/b25-11-,39-28+,44-20+,49-10+. The van der Waals surface area contributed by atoms with Crippen LogP contribution in [0.15, 0.2) is 131 Å². The third-order valence-corrected chi connectivity index (χ3v) is 14.1. The van der Waals surface area contributed by atoms with Gasteiger partial charge in [0.15, 0.2) is 0 Å². The van der Waals surface area contributed by atoms with Crippen LogP contribution in [0.3, 0.4) is 0 Å². The highest BCUT2D eigenvalue weighted by Gasteiger charge is 2.42. The number of nitrogens with two attached hydrogens (primary N) is 1. The van der Waals surface area contributed by atoms with E-state index in [4.69, 9.17) is 5.73 Å². The number of rotatable bonds is 20. The predicted octanol–water partition coefficient (Wildman–Crippen LogP) is 13.9. The largest absolute Gasteiger partial charge is 0.385 e. The van der Waals surface area contributed by atoms with Gasteiger partial charge < -0.3 is 11.1 Å². The summed E-state index contributed by atoms with van der Waals surface area (Å²) in [5, 5.41) is 3.94. The van der Waals surface area contributed by atoms with Gasteiger partial charge >= 0.3 is 0 Å². The number of hydrogen-bond donors (Lipinski definition) is 2. The third kappa shape index (κ3) is 12.0. The summed E-state index contributed by atoms with van der Waals surface area (Å²) in [6.45, 7) is 15.6. The molecule has 9 unspecified atom stereocenters. The Kier molecular flexibility index (Phi) is 17.7. The van der Waals surface area contributed by atoms with Crippen molar-refractivity contribution < 1.29 is 0 Å². The van der Waals surface area contributed by atoms with Gasteiger partial charge in [0.2, 0.25) is 0 Å². The molecule has 5 aliphatic carbocycles. The van der Waals surface area contributed by atoms with Crippen LogP contribution in [0, 0.1) is 59.2 Å². The molecule has 0 spiro atoms. The van der Waals surface area contributed by atoms with Crippen molar-refractivity contribution in [1.82, 2.24) is 5.32 Å². The minimum Gasteiger partial charge on any atom is -0.385 e. The quantitative estimate of drug-likeness (QED) is 0.0963. The van der Waals surface area contributed by atoms with Gasteiger partial charge in [-0.25, -0.2) is 0 Å². The van der Waals surface area contributed by atoms with Crippen LogP contribution >= 0.6 is 0 Å². The van der Waals surface area contributed by atoms with Crippen molar-refractivity contribution in [1.29, 1.82) is 0 Å². The zero-order chi connectivity index (χ0) is 39.0. The first-order chi connectivity index (χ1) is 26.9. The Morgan fingerprint density at radius 1 is 0.909 bits per heavy atom. The molecule has 9 atom stereocenters. The van der Waals surface area contributed by atoms with Gasteiger partial charge in [0, 0.05) is 24.7 Å². The first-order valence-corrected chi connectivity index (χ1v) is 22.8. The maximum absolute atomic E-state index is 6.16. The molecule has 0 aliphatic heterocycles. The normalized spacial score (nSPS) is 29.0. The molecule has 0 radical (unpaired) electrons. The molecular weight excluding hydrogens is 665 g/mol. The van der Waals surface area contributed by atoms with Crippen LogP contribution in [0.5, 0.6) is 0 Å². The second-order valence-corrected chi connectivity index (χ2v) is 17.6. The van der Waals surface area contributed by atoms with E-state index in [9.17, 15) is 0 Å². The minimum absolute atomic E-state index is 0.536. The lowest BCUT2D eigenvalue weighted by Crippen LogP contribution is -2.39. The van der Waals surface area contributed by atoms with Gasteiger partial charge in [-0.15, -0.1) is 0 Å². The van der Waals surface area contributed by atoms with Crippen molar-refractivity contribution in [3.05, 3.63) is 131 Å². The maximum Gasteiger partial charge on any atom is 0.0293 e. The minimum atomic E-state index is 0.536. The van der Waals surface area contributed by atoms with Crippen LogP contribution in [0.1, 0.15) is 125 Å².